The molecule has 1 unspecified atom stereocenters. The number of nitrogens with zero attached hydrogens (tertiary/aromatic N) is 4. The highest BCUT2D eigenvalue weighted by atomic mass is 16.5. The molecule has 0 bridgehead atoms. The SMILES string of the molecule is CC1=NC(OCCCC2CCN(c3noc(C(C)C)n3)CC2)CC=C1C(=O)NCCO. The highest BCUT2D eigenvalue weighted by Gasteiger charge is 2.23. The maximum absolute atomic E-state index is 12.0. The average Bonchev–Trinajstić information content (AvgIpc) is 3.26. The van der Waals surface area contributed by atoms with E-state index in [1.54, 1.807) is 0 Å². The molecule has 0 radical (unpaired) electrons. The van der Waals surface area contributed by atoms with E-state index < -0.39 is 0 Å². The molecule has 2 aliphatic heterocycles. The van der Waals surface area contributed by atoms with Crippen molar-refractivity contribution in [1.82, 2.24) is 15.5 Å². The van der Waals surface area contributed by atoms with Crippen LogP contribution in [0.25, 0.3) is 0 Å². The Morgan fingerprint density at radius 3 is 2.81 bits per heavy atom. The zero-order valence-electron chi connectivity index (χ0n) is 18.8. The third-order valence-corrected chi connectivity index (χ3v) is 5.78. The van der Waals surface area contributed by atoms with Crippen LogP contribution in [-0.4, -0.2) is 65.9 Å². The van der Waals surface area contributed by atoms with Crippen molar-refractivity contribution in [2.75, 3.05) is 37.7 Å². The van der Waals surface area contributed by atoms with Crippen molar-refractivity contribution in [2.24, 2.45) is 10.9 Å². The number of amides is 1. The summed E-state index contributed by atoms with van der Waals surface area (Å²) >= 11 is 0. The molecule has 9 nitrogen and oxygen atoms in total. The Hall–Kier alpha value is -2.26. The molecule has 1 saturated heterocycles. The lowest BCUT2D eigenvalue weighted by atomic mass is 9.92. The van der Waals surface area contributed by atoms with Gasteiger partial charge in [0.2, 0.25) is 5.89 Å². The lowest BCUT2D eigenvalue weighted by Crippen LogP contribution is -2.34. The zero-order valence-corrected chi connectivity index (χ0v) is 18.8. The van der Waals surface area contributed by atoms with Gasteiger partial charge in [-0.05, 0) is 43.7 Å². The molecule has 3 heterocycles. The Morgan fingerprint density at radius 2 is 2.16 bits per heavy atom. The number of anilines is 1. The predicted molar refractivity (Wildman–Crippen MR) is 118 cm³/mol. The van der Waals surface area contributed by atoms with Crippen LogP contribution in [0.3, 0.4) is 0 Å². The predicted octanol–water partition coefficient (Wildman–Crippen LogP) is 2.43. The van der Waals surface area contributed by atoms with Crippen LogP contribution in [0.1, 0.15) is 64.7 Å². The van der Waals surface area contributed by atoms with Gasteiger partial charge in [0.25, 0.3) is 11.9 Å². The van der Waals surface area contributed by atoms with Crippen molar-refractivity contribution in [3.05, 3.63) is 17.5 Å². The summed E-state index contributed by atoms with van der Waals surface area (Å²) in [6.07, 6.45) is 6.64. The second-order valence-electron chi connectivity index (χ2n) is 8.53. The number of nitrogens with one attached hydrogen (secondary N) is 1. The molecule has 172 valence electrons. The van der Waals surface area contributed by atoms with E-state index in [1.165, 1.54) is 0 Å². The van der Waals surface area contributed by atoms with Crippen LogP contribution in [0.4, 0.5) is 5.95 Å². The first-order valence-electron chi connectivity index (χ1n) is 11.3. The lowest BCUT2D eigenvalue weighted by molar-refractivity contribution is -0.117. The van der Waals surface area contributed by atoms with E-state index in [1.807, 2.05) is 13.0 Å². The number of dihydropyridines is 1. The van der Waals surface area contributed by atoms with E-state index >= 15 is 0 Å². The van der Waals surface area contributed by atoms with Crippen molar-refractivity contribution in [1.29, 1.82) is 0 Å². The van der Waals surface area contributed by atoms with Gasteiger partial charge in [-0.3, -0.25) is 9.79 Å². The van der Waals surface area contributed by atoms with Gasteiger partial charge < -0.3 is 24.6 Å². The molecule has 31 heavy (non-hydrogen) atoms. The number of carbonyl (C=O) groups is 1. The van der Waals surface area contributed by atoms with E-state index in [-0.39, 0.29) is 31.2 Å². The molecule has 0 aromatic carbocycles. The molecule has 1 amide bonds. The Morgan fingerprint density at radius 1 is 1.39 bits per heavy atom. The zero-order chi connectivity index (χ0) is 22.2. The van der Waals surface area contributed by atoms with Crippen LogP contribution in [0.5, 0.6) is 0 Å². The van der Waals surface area contributed by atoms with E-state index in [9.17, 15) is 4.79 Å². The Kier molecular flexibility index (Phi) is 8.60. The Balaban J connectivity index is 1.32. The van der Waals surface area contributed by atoms with Crippen molar-refractivity contribution in [3.8, 4) is 0 Å². The molecule has 0 spiro atoms. The minimum Gasteiger partial charge on any atom is -0.395 e. The summed E-state index contributed by atoms with van der Waals surface area (Å²) in [6, 6.07) is 0. The molecule has 1 aromatic rings. The summed E-state index contributed by atoms with van der Waals surface area (Å²) in [5, 5.41) is 15.6. The molecule has 1 aromatic heterocycles. The average molecular weight is 434 g/mol. The first kappa shape index (κ1) is 23.4. The summed E-state index contributed by atoms with van der Waals surface area (Å²) in [6.45, 7) is 8.69. The van der Waals surface area contributed by atoms with Gasteiger partial charge in [0, 0.05) is 44.3 Å². The van der Waals surface area contributed by atoms with Crippen LogP contribution in [0, 0.1) is 5.92 Å². The van der Waals surface area contributed by atoms with Gasteiger partial charge in [-0.2, -0.15) is 4.98 Å². The topological polar surface area (TPSA) is 113 Å². The Labute approximate surface area is 183 Å². The number of aromatic nitrogens is 2. The van der Waals surface area contributed by atoms with Gasteiger partial charge in [0.1, 0.15) is 0 Å². The summed E-state index contributed by atoms with van der Waals surface area (Å²) in [7, 11) is 0. The second-order valence-corrected chi connectivity index (χ2v) is 8.53. The number of ether oxygens (including phenoxy) is 1. The fourth-order valence-corrected chi connectivity index (χ4v) is 3.93. The standard InChI is InChI=1S/C22H35N5O4/c1-15(2)21-25-22(26-31-21)27-11-8-17(9-12-27)5-4-14-30-19-7-6-18(16(3)24-19)20(29)23-10-13-28/h6,15,17,19,28H,4-5,7-14H2,1-3H3,(H,23,29). The third kappa shape index (κ3) is 6.61. The fraction of sp³-hybridized carbons (Fsp3) is 0.727. The number of hydrogen-bond donors (Lipinski definition) is 2. The normalized spacial score (nSPS) is 20.0. The first-order valence-corrected chi connectivity index (χ1v) is 11.3. The second kappa shape index (κ2) is 11.4. The van der Waals surface area contributed by atoms with Gasteiger partial charge in [-0.15, -0.1) is 0 Å². The van der Waals surface area contributed by atoms with Crippen LogP contribution in [0.15, 0.2) is 21.2 Å². The lowest BCUT2D eigenvalue weighted by Gasteiger charge is -2.31. The molecule has 2 aliphatic rings. The van der Waals surface area contributed by atoms with Gasteiger partial charge >= 0.3 is 0 Å². The number of piperidine rings is 1. The summed E-state index contributed by atoms with van der Waals surface area (Å²) in [5.74, 6) is 2.16. The number of carbonyl (C=O) groups excluding carboxylic acids is 1. The maximum Gasteiger partial charge on any atom is 0.266 e. The summed E-state index contributed by atoms with van der Waals surface area (Å²) < 4.78 is 11.2. The molecule has 1 atom stereocenters. The number of hydrogen-bond acceptors (Lipinski definition) is 8. The van der Waals surface area contributed by atoms with Crippen molar-refractivity contribution >= 4 is 17.6 Å². The summed E-state index contributed by atoms with van der Waals surface area (Å²) in [4.78, 5) is 23.2. The molecule has 3 rings (SSSR count). The van der Waals surface area contributed by atoms with Crippen LogP contribution in [-0.2, 0) is 9.53 Å². The minimum absolute atomic E-state index is 0.0733. The van der Waals surface area contributed by atoms with Crippen LogP contribution >= 0.6 is 0 Å². The molecule has 0 aliphatic carbocycles. The number of aliphatic hydroxyl groups is 1. The Bertz CT molecular complexity index is 781. The monoisotopic (exact) mass is 433 g/mol. The quantitative estimate of drug-likeness (QED) is 0.545. The molecule has 2 N–H and O–H groups in total. The first-order chi connectivity index (χ1) is 15.0. The van der Waals surface area contributed by atoms with Crippen molar-refractivity contribution in [2.45, 2.75) is 65.0 Å². The van der Waals surface area contributed by atoms with Gasteiger partial charge in [0.05, 0.1) is 12.2 Å². The molecule has 9 heteroatoms. The minimum atomic E-state index is -0.218. The highest BCUT2D eigenvalue weighted by molar-refractivity contribution is 6.21. The van der Waals surface area contributed by atoms with Gasteiger partial charge in [0.15, 0.2) is 6.23 Å². The van der Waals surface area contributed by atoms with E-state index in [0.29, 0.717) is 42.1 Å². The maximum atomic E-state index is 12.0. The third-order valence-electron chi connectivity index (χ3n) is 5.78. The van der Waals surface area contributed by atoms with Gasteiger partial charge in [-0.1, -0.05) is 19.9 Å². The van der Waals surface area contributed by atoms with Crippen molar-refractivity contribution < 1.29 is 19.2 Å². The largest absolute Gasteiger partial charge is 0.395 e. The smallest absolute Gasteiger partial charge is 0.266 e. The number of rotatable bonds is 10. The number of aliphatic imine (C=N–C) groups is 1. The van der Waals surface area contributed by atoms with Crippen molar-refractivity contribution in [3.63, 3.8) is 0 Å². The highest BCUT2D eigenvalue weighted by Crippen LogP contribution is 2.26. The molecular weight excluding hydrogens is 398 g/mol. The summed E-state index contributed by atoms with van der Waals surface area (Å²) in [5.41, 5.74) is 1.25. The molecular formula is C22H35N5O4. The van der Waals surface area contributed by atoms with Crippen LogP contribution in [0.2, 0.25) is 0 Å². The van der Waals surface area contributed by atoms with Gasteiger partial charge in [-0.25, -0.2) is 0 Å². The van der Waals surface area contributed by atoms with E-state index in [0.717, 1.165) is 38.8 Å². The fourth-order valence-electron chi connectivity index (χ4n) is 3.93. The van der Waals surface area contributed by atoms with E-state index in [4.69, 9.17) is 14.4 Å². The number of aliphatic hydroxyl groups excluding tert-OH is 1. The van der Waals surface area contributed by atoms with Crippen LogP contribution < -0.4 is 10.2 Å². The molecule has 0 saturated carbocycles. The molecule has 1 fully saturated rings. The van der Waals surface area contributed by atoms with E-state index in [2.05, 4.69) is 39.2 Å².